The molecule has 1 unspecified atom stereocenters. The van der Waals surface area contributed by atoms with Crippen molar-refractivity contribution in [1.82, 2.24) is 19.9 Å². The average Bonchev–Trinajstić information content (AvgIpc) is 3.63. The third kappa shape index (κ3) is 5.46. The van der Waals surface area contributed by atoms with Gasteiger partial charge in [-0.05, 0) is 50.3 Å². The summed E-state index contributed by atoms with van der Waals surface area (Å²) >= 11 is 0. The van der Waals surface area contributed by atoms with E-state index in [1.807, 2.05) is 32.1 Å². The highest BCUT2D eigenvalue weighted by Crippen LogP contribution is 2.36. The molecule has 3 aromatic heterocycles. The summed E-state index contributed by atoms with van der Waals surface area (Å²) < 4.78 is 15.0. The number of halogens is 1. The number of nitrogens with one attached hydrogen (secondary N) is 3. The third-order valence-corrected chi connectivity index (χ3v) is 6.02. The molecule has 0 amide bonds. The van der Waals surface area contributed by atoms with Gasteiger partial charge >= 0.3 is 0 Å². The fourth-order valence-corrected chi connectivity index (χ4v) is 3.68. The number of allylic oxidation sites excluding steroid dienone is 4. The van der Waals surface area contributed by atoms with Gasteiger partial charge in [-0.2, -0.15) is 4.39 Å². The van der Waals surface area contributed by atoms with Gasteiger partial charge in [-0.25, -0.2) is 15.0 Å². The van der Waals surface area contributed by atoms with Crippen LogP contribution in [-0.4, -0.2) is 43.5 Å². The van der Waals surface area contributed by atoms with Crippen LogP contribution in [0.4, 0.5) is 16.0 Å². The lowest BCUT2D eigenvalue weighted by molar-refractivity contribution is 0.103. The lowest BCUT2D eigenvalue weighted by atomic mass is 10.0. The number of carbonyl (C=O) groups is 1. The molecule has 3 aromatic rings. The molecule has 0 aromatic carbocycles. The molecular formula is C26H29FN6O2. The van der Waals surface area contributed by atoms with Crippen molar-refractivity contribution >= 4 is 28.5 Å². The van der Waals surface area contributed by atoms with Crippen LogP contribution in [0.15, 0.2) is 60.7 Å². The van der Waals surface area contributed by atoms with Crippen molar-refractivity contribution in [3.8, 4) is 0 Å². The largest absolute Gasteiger partial charge is 0.394 e. The first kappa shape index (κ1) is 24.3. The maximum absolute atomic E-state index is 15.0. The van der Waals surface area contributed by atoms with E-state index in [0.29, 0.717) is 29.2 Å². The van der Waals surface area contributed by atoms with Crippen molar-refractivity contribution in [3.05, 3.63) is 77.8 Å². The molecule has 1 atom stereocenters. The number of ketones is 1. The second kappa shape index (κ2) is 10.6. The number of anilines is 2. The SMILES string of the molecule is C=C(/C=C\C(=C/C)Nc1ccc(C(=O)c2c[nH]c3ncnc(NC(CC)CO)c23)c(F)n1)C1CC1. The summed E-state index contributed by atoms with van der Waals surface area (Å²) in [5, 5.41) is 16.2. The number of aromatic nitrogens is 4. The molecule has 0 radical (unpaired) electrons. The van der Waals surface area contributed by atoms with E-state index in [1.54, 1.807) is 6.07 Å². The second-order valence-corrected chi connectivity index (χ2v) is 8.50. The highest BCUT2D eigenvalue weighted by molar-refractivity contribution is 6.18. The molecule has 182 valence electrons. The monoisotopic (exact) mass is 476 g/mol. The van der Waals surface area contributed by atoms with Gasteiger partial charge < -0.3 is 20.7 Å². The van der Waals surface area contributed by atoms with Gasteiger partial charge in [0.2, 0.25) is 5.95 Å². The van der Waals surface area contributed by atoms with Gasteiger partial charge in [0.1, 0.15) is 23.6 Å². The number of carbonyl (C=O) groups excluding carboxylic acids is 1. The van der Waals surface area contributed by atoms with Crippen molar-refractivity contribution < 1.29 is 14.3 Å². The Morgan fingerprint density at radius 1 is 1.31 bits per heavy atom. The van der Waals surface area contributed by atoms with Crippen LogP contribution >= 0.6 is 0 Å². The highest BCUT2D eigenvalue weighted by Gasteiger charge is 2.24. The molecule has 0 saturated heterocycles. The maximum atomic E-state index is 15.0. The average molecular weight is 477 g/mol. The van der Waals surface area contributed by atoms with Gasteiger partial charge in [0.05, 0.1) is 29.2 Å². The van der Waals surface area contributed by atoms with Gasteiger partial charge in [0, 0.05) is 11.9 Å². The summed E-state index contributed by atoms with van der Waals surface area (Å²) in [6.45, 7) is 7.76. The fourth-order valence-electron chi connectivity index (χ4n) is 3.68. The maximum Gasteiger partial charge on any atom is 0.226 e. The van der Waals surface area contributed by atoms with Crippen LogP contribution in [0.25, 0.3) is 11.0 Å². The lowest BCUT2D eigenvalue weighted by Gasteiger charge is -2.15. The number of hydrogen-bond acceptors (Lipinski definition) is 7. The minimum Gasteiger partial charge on any atom is -0.394 e. The zero-order valence-electron chi connectivity index (χ0n) is 19.8. The van der Waals surface area contributed by atoms with Crippen molar-refractivity contribution in [2.75, 3.05) is 17.2 Å². The number of H-pyrrole nitrogens is 1. The Balaban J connectivity index is 1.57. The summed E-state index contributed by atoms with van der Waals surface area (Å²) in [7, 11) is 0. The van der Waals surface area contributed by atoms with E-state index in [0.717, 1.165) is 11.3 Å². The van der Waals surface area contributed by atoms with Crippen LogP contribution in [0.5, 0.6) is 0 Å². The van der Waals surface area contributed by atoms with E-state index in [9.17, 15) is 14.3 Å². The lowest BCUT2D eigenvalue weighted by Crippen LogP contribution is -2.23. The quantitative estimate of drug-likeness (QED) is 0.179. The number of fused-ring (bicyclic) bond motifs is 1. The summed E-state index contributed by atoms with van der Waals surface area (Å²) in [5.74, 6) is -0.192. The molecule has 0 spiro atoms. The molecular weight excluding hydrogens is 447 g/mol. The van der Waals surface area contributed by atoms with Crippen LogP contribution < -0.4 is 10.6 Å². The van der Waals surface area contributed by atoms with Crippen molar-refractivity contribution in [2.45, 2.75) is 39.2 Å². The number of pyridine rings is 1. The molecule has 35 heavy (non-hydrogen) atoms. The van der Waals surface area contributed by atoms with Crippen LogP contribution in [0, 0.1) is 11.9 Å². The molecule has 1 fully saturated rings. The smallest absolute Gasteiger partial charge is 0.226 e. The van der Waals surface area contributed by atoms with Crippen LogP contribution in [0.3, 0.4) is 0 Å². The summed E-state index contributed by atoms with van der Waals surface area (Å²) in [5.41, 5.74) is 2.30. The van der Waals surface area contributed by atoms with E-state index >= 15 is 0 Å². The van der Waals surface area contributed by atoms with Gasteiger partial charge in [0.15, 0.2) is 5.78 Å². The van der Waals surface area contributed by atoms with E-state index in [-0.39, 0.29) is 29.6 Å². The molecule has 0 aliphatic heterocycles. The number of aromatic amines is 1. The summed E-state index contributed by atoms with van der Waals surface area (Å²) in [6.07, 6.45) is 11.5. The van der Waals surface area contributed by atoms with Crippen LogP contribution in [-0.2, 0) is 0 Å². The molecule has 1 aliphatic carbocycles. The highest BCUT2D eigenvalue weighted by atomic mass is 19.1. The predicted molar refractivity (Wildman–Crippen MR) is 135 cm³/mol. The van der Waals surface area contributed by atoms with E-state index in [1.165, 1.54) is 31.4 Å². The first-order chi connectivity index (χ1) is 16.9. The van der Waals surface area contributed by atoms with E-state index in [2.05, 4.69) is 37.1 Å². The Morgan fingerprint density at radius 3 is 2.77 bits per heavy atom. The Labute approximate surface area is 203 Å². The number of aliphatic hydroxyl groups excluding tert-OH is 1. The van der Waals surface area contributed by atoms with Crippen LogP contribution in [0.2, 0.25) is 0 Å². The van der Waals surface area contributed by atoms with Gasteiger partial charge in [-0.3, -0.25) is 4.79 Å². The second-order valence-electron chi connectivity index (χ2n) is 8.50. The van der Waals surface area contributed by atoms with Gasteiger partial charge in [-0.15, -0.1) is 0 Å². The predicted octanol–water partition coefficient (Wildman–Crippen LogP) is 4.74. The summed E-state index contributed by atoms with van der Waals surface area (Å²) in [6, 6.07) is 2.73. The molecule has 1 saturated carbocycles. The normalized spacial score (nSPS) is 14.9. The molecule has 0 bridgehead atoms. The summed E-state index contributed by atoms with van der Waals surface area (Å²) in [4.78, 5) is 28.6. The Morgan fingerprint density at radius 2 is 2.11 bits per heavy atom. The van der Waals surface area contributed by atoms with E-state index < -0.39 is 11.7 Å². The fraction of sp³-hybridized carbons (Fsp3) is 0.308. The molecule has 4 N–H and O–H groups in total. The van der Waals surface area contributed by atoms with Crippen molar-refractivity contribution in [2.24, 2.45) is 5.92 Å². The molecule has 8 nitrogen and oxygen atoms in total. The Hall–Kier alpha value is -3.85. The van der Waals surface area contributed by atoms with Crippen molar-refractivity contribution in [1.29, 1.82) is 0 Å². The topological polar surface area (TPSA) is 116 Å². The zero-order valence-corrected chi connectivity index (χ0v) is 19.8. The zero-order chi connectivity index (χ0) is 24.9. The standard InChI is InChI=1S/C26H29FN6O2/c1-4-17(9-6-15(3)16-7-8-16)31-21-11-10-19(24(27)33-21)23(35)20-12-28-25-22(20)26(30-14-29-25)32-18(5-2)13-34/h4,6,9-12,14,16,18,34H,3,5,7-8,13H2,1-2H3,(H,31,33)(H2,28,29,30,32)/b9-6-,17-4+. The van der Waals surface area contributed by atoms with Crippen LogP contribution in [0.1, 0.15) is 49.0 Å². The minimum atomic E-state index is -0.885. The van der Waals surface area contributed by atoms with Gasteiger partial charge in [-0.1, -0.05) is 31.2 Å². The number of hydrogen-bond donors (Lipinski definition) is 4. The molecule has 1 aliphatic rings. The minimum absolute atomic E-state index is 0.0964. The van der Waals surface area contributed by atoms with Crippen molar-refractivity contribution in [3.63, 3.8) is 0 Å². The number of rotatable bonds is 11. The molecule has 3 heterocycles. The van der Waals surface area contributed by atoms with Gasteiger partial charge in [0.25, 0.3) is 0 Å². The first-order valence-corrected chi connectivity index (χ1v) is 11.7. The Kier molecular flexibility index (Phi) is 7.36. The Bertz CT molecular complexity index is 1300. The molecule has 9 heteroatoms. The first-order valence-electron chi connectivity index (χ1n) is 11.7. The molecule has 4 rings (SSSR count). The third-order valence-electron chi connectivity index (χ3n) is 6.02. The van der Waals surface area contributed by atoms with E-state index in [4.69, 9.17) is 0 Å². The number of nitrogens with zero attached hydrogens (tertiary/aromatic N) is 3. The number of aliphatic hydroxyl groups is 1.